The molecule has 3 nitrogen and oxygen atoms in total. The molecule has 102 valence electrons. The monoisotopic (exact) mass is 287 g/mol. The summed E-state index contributed by atoms with van der Waals surface area (Å²) in [5, 5.41) is 4.97. The molecule has 0 aromatic carbocycles. The van der Waals surface area contributed by atoms with Crippen molar-refractivity contribution >= 4 is 34.1 Å². The Morgan fingerprint density at radius 2 is 2.17 bits per heavy atom. The van der Waals surface area contributed by atoms with Crippen molar-refractivity contribution in [2.24, 2.45) is 0 Å². The summed E-state index contributed by atoms with van der Waals surface area (Å²) in [6.07, 6.45) is 3.17. The largest absolute Gasteiger partial charge is 0.354 e. The number of hydrogen-bond donors (Lipinski definition) is 1. The molecule has 0 unspecified atom stereocenters. The Balaban J connectivity index is 2.84. The standard InChI is InChI=1S/C13H22ClN3S/c1-6-10(8-15-9(2)3)7-11-12(14)16-13(18-11)17(4)5/h7,9,15H,6,8H2,1-5H3. The summed E-state index contributed by atoms with van der Waals surface area (Å²) < 4.78 is 0. The highest BCUT2D eigenvalue weighted by Crippen LogP contribution is 2.30. The Bertz CT molecular complexity index is 410. The highest BCUT2D eigenvalue weighted by Gasteiger charge is 2.09. The zero-order valence-corrected chi connectivity index (χ0v) is 13.3. The van der Waals surface area contributed by atoms with Crippen molar-refractivity contribution < 1.29 is 0 Å². The average Bonchev–Trinajstić information content (AvgIpc) is 2.66. The molecular weight excluding hydrogens is 266 g/mol. The van der Waals surface area contributed by atoms with E-state index in [0.717, 1.165) is 23.0 Å². The molecular formula is C13H22ClN3S. The number of nitrogens with one attached hydrogen (secondary N) is 1. The number of anilines is 1. The van der Waals surface area contributed by atoms with Crippen LogP contribution >= 0.6 is 22.9 Å². The Kier molecular flexibility index (Phi) is 6.12. The van der Waals surface area contributed by atoms with E-state index in [2.05, 4.69) is 37.1 Å². The molecule has 0 saturated carbocycles. The maximum Gasteiger partial charge on any atom is 0.186 e. The SMILES string of the molecule is CCC(=Cc1sc(N(C)C)nc1Cl)CNC(C)C. The van der Waals surface area contributed by atoms with Gasteiger partial charge in [-0.2, -0.15) is 0 Å². The predicted octanol–water partition coefficient (Wildman–Crippen LogP) is 3.65. The van der Waals surface area contributed by atoms with Gasteiger partial charge in [0.05, 0.1) is 4.88 Å². The number of nitrogens with zero attached hydrogens (tertiary/aromatic N) is 2. The molecule has 0 saturated heterocycles. The van der Waals surface area contributed by atoms with Crippen LogP contribution in [0.1, 0.15) is 32.1 Å². The second-order valence-electron chi connectivity index (χ2n) is 4.74. The van der Waals surface area contributed by atoms with Gasteiger partial charge in [-0.1, -0.05) is 49.3 Å². The number of thiazole rings is 1. The minimum absolute atomic E-state index is 0.495. The molecule has 0 radical (unpaired) electrons. The van der Waals surface area contributed by atoms with Crippen LogP contribution in [0.3, 0.4) is 0 Å². The van der Waals surface area contributed by atoms with E-state index in [9.17, 15) is 0 Å². The first kappa shape index (κ1) is 15.5. The van der Waals surface area contributed by atoms with Crippen LogP contribution < -0.4 is 10.2 Å². The van der Waals surface area contributed by atoms with Crippen LogP contribution in [0.15, 0.2) is 5.57 Å². The summed E-state index contributed by atoms with van der Waals surface area (Å²) >= 11 is 7.78. The van der Waals surface area contributed by atoms with E-state index in [1.54, 1.807) is 11.3 Å². The van der Waals surface area contributed by atoms with Crippen LogP contribution in [0.5, 0.6) is 0 Å². The molecule has 5 heteroatoms. The van der Waals surface area contributed by atoms with Gasteiger partial charge in [0.15, 0.2) is 5.13 Å². The first-order valence-corrected chi connectivity index (χ1v) is 7.40. The van der Waals surface area contributed by atoms with Crippen molar-refractivity contribution in [1.82, 2.24) is 10.3 Å². The van der Waals surface area contributed by atoms with Crippen LogP contribution in [-0.4, -0.2) is 31.7 Å². The molecule has 1 aromatic rings. The lowest BCUT2D eigenvalue weighted by atomic mass is 10.1. The molecule has 1 aromatic heterocycles. The van der Waals surface area contributed by atoms with Crippen molar-refractivity contribution in [2.75, 3.05) is 25.5 Å². The summed E-state index contributed by atoms with van der Waals surface area (Å²) in [4.78, 5) is 7.36. The highest BCUT2D eigenvalue weighted by molar-refractivity contribution is 7.17. The van der Waals surface area contributed by atoms with E-state index < -0.39 is 0 Å². The topological polar surface area (TPSA) is 28.2 Å². The molecule has 0 amide bonds. The molecule has 0 aliphatic heterocycles. The average molecular weight is 288 g/mol. The fourth-order valence-electron chi connectivity index (χ4n) is 1.38. The van der Waals surface area contributed by atoms with Crippen LogP contribution in [0.2, 0.25) is 5.15 Å². The lowest BCUT2D eigenvalue weighted by Gasteiger charge is -2.09. The first-order valence-electron chi connectivity index (χ1n) is 6.20. The Morgan fingerprint density at radius 3 is 2.61 bits per heavy atom. The maximum atomic E-state index is 6.16. The molecule has 1 heterocycles. The molecule has 1 rings (SSSR count). The molecule has 0 aliphatic carbocycles. The molecule has 0 aliphatic rings. The van der Waals surface area contributed by atoms with Crippen molar-refractivity contribution in [1.29, 1.82) is 0 Å². The van der Waals surface area contributed by atoms with E-state index in [-0.39, 0.29) is 0 Å². The maximum absolute atomic E-state index is 6.16. The lowest BCUT2D eigenvalue weighted by Crippen LogP contribution is -2.24. The summed E-state index contributed by atoms with van der Waals surface area (Å²) in [5.74, 6) is 0. The Morgan fingerprint density at radius 1 is 1.50 bits per heavy atom. The number of hydrogen-bond acceptors (Lipinski definition) is 4. The van der Waals surface area contributed by atoms with Crippen LogP contribution in [0.4, 0.5) is 5.13 Å². The summed E-state index contributed by atoms with van der Waals surface area (Å²) in [7, 11) is 3.95. The molecule has 0 bridgehead atoms. The molecule has 0 fully saturated rings. The molecule has 0 spiro atoms. The van der Waals surface area contributed by atoms with E-state index in [1.807, 2.05) is 19.0 Å². The minimum Gasteiger partial charge on any atom is -0.354 e. The third kappa shape index (κ3) is 4.59. The molecule has 1 N–H and O–H groups in total. The van der Waals surface area contributed by atoms with Crippen LogP contribution in [0, 0.1) is 0 Å². The van der Waals surface area contributed by atoms with E-state index in [4.69, 9.17) is 11.6 Å². The van der Waals surface area contributed by atoms with Crippen molar-refractivity contribution in [3.05, 3.63) is 15.6 Å². The quantitative estimate of drug-likeness (QED) is 0.865. The normalized spacial score (nSPS) is 12.3. The summed E-state index contributed by atoms with van der Waals surface area (Å²) in [6, 6.07) is 0.495. The number of halogens is 1. The van der Waals surface area contributed by atoms with Crippen molar-refractivity contribution in [3.63, 3.8) is 0 Å². The fourth-order valence-corrected chi connectivity index (χ4v) is 2.55. The van der Waals surface area contributed by atoms with Gasteiger partial charge in [-0.15, -0.1) is 0 Å². The van der Waals surface area contributed by atoms with E-state index in [1.165, 1.54) is 5.57 Å². The third-order valence-electron chi connectivity index (χ3n) is 2.51. The van der Waals surface area contributed by atoms with Gasteiger partial charge < -0.3 is 10.2 Å². The minimum atomic E-state index is 0.495. The zero-order valence-electron chi connectivity index (χ0n) is 11.7. The first-order chi connectivity index (χ1) is 8.43. The molecule has 18 heavy (non-hydrogen) atoms. The van der Waals surface area contributed by atoms with Gasteiger partial charge in [0.25, 0.3) is 0 Å². The van der Waals surface area contributed by atoms with Gasteiger partial charge in [0.1, 0.15) is 5.15 Å². The Labute approximate surface area is 119 Å². The highest BCUT2D eigenvalue weighted by atomic mass is 35.5. The predicted molar refractivity (Wildman–Crippen MR) is 82.9 cm³/mol. The van der Waals surface area contributed by atoms with Crippen LogP contribution in [0.25, 0.3) is 6.08 Å². The Hall–Kier alpha value is -0.580. The second kappa shape index (κ2) is 7.12. The summed E-state index contributed by atoms with van der Waals surface area (Å²) in [6.45, 7) is 7.36. The van der Waals surface area contributed by atoms with Gasteiger partial charge in [0.2, 0.25) is 0 Å². The second-order valence-corrected chi connectivity index (χ2v) is 6.10. The van der Waals surface area contributed by atoms with Gasteiger partial charge in [0, 0.05) is 26.7 Å². The van der Waals surface area contributed by atoms with E-state index in [0.29, 0.717) is 11.2 Å². The van der Waals surface area contributed by atoms with Gasteiger partial charge in [-0.3, -0.25) is 0 Å². The van der Waals surface area contributed by atoms with E-state index >= 15 is 0 Å². The number of aromatic nitrogens is 1. The third-order valence-corrected chi connectivity index (χ3v) is 4.08. The van der Waals surface area contributed by atoms with Crippen molar-refractivity contribution in [3.8, 4) is 0 Å². The number of rotatable bonds is 6. The zero-order chi connectivity index (χ0) is 13.7. The lowest BCUT2D eigenvalue weighted by molar-refractivity contribution is 0.617. The smallest absolute Gasteiger partial charge is 0.186 e. The van der Waals surface area contributed by atoms with Crippen molar-refractivity contribution in [2.45, 2.75) is 33.2 Å². The van der Waals surface area contributed by atoms with Gasteiger partial charge >= 0.3 is 0 Å². The fraction of sp³-hybridized carbons (Fsp3) is 0.615. The summed E-state index contributed by atoms with van der Waals surface area (Å²) in [5.41, 5.74) is 1.35. The van der Waals surface area contributed by atoms with Gasteiger partial charge in [-0.05, 0) is 12.5 Å². The van der Waals surface area contributed by atoms with Gasteiger partial charge in [-0.25, -0.2) is 4.98 Å². The molecule has 0 atom stereocenters. The van der Waals surface area contributed by atoms with Crippen LogP contribution in [-0.2, 0) is 0 Å².